The summed E-state index contributed by atoms with van der Waals surface area (Å²) in [6, 6.07) is 3.19. The van der Waals surface area contributed by atoms with Gasteiger partial charge in [-0.3, -0.25) is 9.36 Å². The van der Waals surface area contributed by atoms with Crippen LogP contribution in [0.2, 0.25) is 5.02 Å². The molecule has 18 heavy (non-hydrogen) atoms. The van der Waals surface area contributed by atoms with Crippen LogP contribution in [0.25, 0.3) is 5.69 Å². The van der Waals surface area contributed by atoms with Crippen molar-refractivity contribution >= 4 is 27.5 Å². The van der Waals surface area contributed by atoms with Crippen molar-refractivity contribution in [1.82, 2.24) is 9.55 Å². The minimum atomic E-state index is -0.449. The van der Waals surface area contributed by atoms with Crippen molar-refractivity contribution in [1.29, 1.82) is 0 Å². The van der Waals surface area contributed by atoms with E-state index in [9.17, 15) is 9.90 Å². The van der Waals surface area contributed by atoms with E-state index in [1.54, 1.807) is 19.2 Å². The van der Waals surface area contributed by atoms with Gasteiger partial charge < -0.3 is 5.11 Å². The van der Waals surface area contributed by atoms with Crippen LogP contribution in [-0.4, -0.2) is 14.7 Å². The van der Waals surface area contributed by atoms with E-state index in [1.165, 1.54) is 10.6 Å². The molecule has 2 heterocycles. The summed E-state index contributed by atoms with van der Waals surface area (Å²) in [5.41, 5.74) is 1.67. The predicted octanol–water partition coefficient (Wildman–Crippen LogP) is 2.97. The van der Waals surface area contributed by atoms with Gasteiger partial charge in [-0.25, -0.2) is 4.98 Å². The summed E-state index contributed by atoms with van der Waals surface area (Å²) in [6.45, 7) is 3.58. The molecule has 0 amide bonds. The molecule has 0 saturated carbocycles. The van der Waals surface area contributed by atoms with Crippen LogP contribution in [0.5, 0.6) is 5.75 Å². The molecule has 94 valence electrons. The van der Waals surface area contributed by atoms with Gasteiger partial charge in [0.1, 0.15) is 15.4 Å². The number of halogens is 2. The van der Waals surface area contributed by atoms with Crippen molar-refractivity contribution < 1.29 is 5.11 Å². The molecule has 0 atom stereocenters. The summed E-state index contributed by atoms with van der Waals surface area (Å²) < 4.78 is 2.07. The normalized spacial score (nSPS) is 10.7. The van der Waals surface area contributed by atoms with Crippen LogP contribution in [0.3, 0.4) is 0 Å². The van der Waals surface area contributed by atoms with Crippen molar-refractivity contribution in [3.05, 3.63) is 49.6 Å². The van der Waals surface area contributed by atoms with E-state index in [1.807, 2.05) is 6.92 Å². The topological polar surface area (TPSA) is 55.1 Å². The Morgan fingerprint density at radius 3 is 2.72 bits per heavy atom. The average Bonchev–Trinajstić information content (AvgIpc) is 2.31. The molecule has 6 heteroatoms. The molecule has 0 radical (unpaired) electrons. The second-order valence-electron chi connectivity index (χ2n) is 3.92. The van der Waals surface area contributed by atoms with Gasteiger partial charge >= 0.3 is 0 Å². The highest BCUT2D eigenvalue weighted by Crippen LogP contribution is 2.23. The number of pyridine rings is 2. The van der Waals surface area contributed by atoms with Crippen LogP contribution < -0.4 is 5.56 Å². The monoisotopic (exact) mass is 328 g/mol. The molecule has 0 aromatic carbocycles. The highest BCUT2D eigenvalue weighted by Gasteiger charge is 2.13. The van der Waals surface area contributed by atoms with Gasteiger partial charge in [0.05, 0.1) is 5.69 Å². The average molecular weight is 330 g/mol. The zero-order chi connectivity index (χ0) is 13.4. The summed E-state index contributed by atoms with van der Waals surface area (Å²) in [5, 5.41) is 9.32. The van der Waals surface area contributed by atoms with Crippen molar-refractivity contribution in [3.63, 3.8) is 0 Å². The Bertz CT molecular complexity index is 683. The number of aromatic nitrogens is 2. The Hall–Kier alpha value is -1.33. The van der Waals surface area contributed by atoms with E-state index in [0.717, 1.165) is 5.56 Å². The summed E-state index contributed by atoms with van der Waals surface area (Å²) >= 11 is 9.05. The van der Waals surface area contributed by atoms with E-state index < -0.39 is 5.56 Å². The van der Waals surface area contributed by atoms with Gasteiger partial charge in [0.15, 0.2) is 0 Å². The summed E-state index contributed by atoms with van der Waals surface area (Å²) in [7, 11) is 0. The summed E-state index contributed by atoms with van der Waals surface area (Å²) in [5.74, 6) is -0.207. The Labute approximate surface area is 117 Å². The summed E-state index contributed by atoms with van der Waals surface area (Å²) in [4.78, 5) is 16.2. The molecular weight excluding hydrogens is 320 g/mol. The molecular formula is C12H10BrClN2O2. The molecule has 0 bridgehead atoms. The first-order valence-electron chi connectivity index (χ1n) is 5.15. The first-order valence-corrected chi connectivity index (χ1v) is 6.32. The zero-order valence-electron chi connectivity index (χ0n) is 9.74. The lowest BCUT2D eigenvalue weighted by Crippen LogP contribution is -2.21. The second-order valence-corrected chi connectivity index (χ2v) is 5.11. The van der Waals surface area contributed by atoms with Gasteiger partial charge in [0.2, 0.25) is 0 Å². The minimum Gasteiger partial charge on any atom is -0.506 e. The van der Waals surface area contributed by atoms with Gasteiger partial charge in [0, 0.05) is 18.0 Å². The molecule has 0 saturated heterocycles. The largest absolute Gasteiger partial charge is 0.506 e. The number of rotatable bonds is 1. The third kappa shape index (κ3) is 2.15. The number of hydrogen-bond acceptors (Lipinski definition) is 3. The van der Waals surface area contributed by atoms with E-state index in [-0.39, 0.29) is 10.8 Å². The van der Waals surface area contributed by atoms with Gasteiger partial charge in [-0.1, -0.05) is 11.6 Å². The molecule has 0 aliphatic carbocycles. The highest BCUT2D eigenvalue weighted by atomic mass is 79.9. The fourth-order valence-corrected chi connectivity index (χ4v) is 2.18. The van der Waals surface area contributed by atoms with Gasteiger partial charge in [0.25, 0.3) is 5.56 Å². The fourth-order valence-electron chi connectivity index (χ4n) is 1.72. The van der Waals surface area contributed by atoms with Gasteiger partial charge in [-0.2, -0.15) is 0 Å². The van der Waals surface area contributed by atoms with E-state index in [4.69, 9.17) is 11.6 Å². The van der Waals surface area contributed by atoms with Crippen LogP contribution in [0.1, 0.15) is 11.3 Å². The molecule has 2 aromatic heterocycles. The lowest BCUT2D eigenvalue weighted by Gasteiger charge is -2.13. The lowest BCUT2D eigenvalue weighted by atomic mass is 10.2. The lowest BCUT2D eigenvalue weighted by molar-refractivity contribution is 0.472. The SMILES string of the molecule is Cc1cnc(Br)cc1-n1c(C)cc(O)c(Cl)c1=O. The standard InChI is InChI=1S/C12H10BrClN2O2/c1-6-5-15-10(13)4-8(6)16-7(2)3-9(17)11(14)12(16)18/h3-5,17H,1-2H3. The number of aryl methyl sites for hydroxylation is 2. The number of aromatic hydroxyl groups is 1. The van der Waals surface area contributed by atoms with Gasteiger partial charge in [-0.05, 0) is 41.4 Å². The van der Waals surface area contributed by atoms with E-state index >= 15 is 0 Å². The maximum absolute atomic E-state index is 12.1. The molecule has 0 aliphatic heterocycles. The quantitative estimate of drug-likeness (QED) is 0.818. The molecule has 0 aliphatic rings. The Morgan fingerprint density at radius 1 is 1.39 bits per heavy atom. The predicted molar refractivity (Wildman–Crippen MR) is 73.7 cm³/mol. The van der Waals surface area contributed by atoms with Crippen LogP contribution >= 0.6 is 27.5 Å². The smallest absolute Gasteiger partial charge is 0.277 e. The Kier molecular flexibility index (Phi) is 3.45. The molecule has 2 rings (SSSR count). The zero-order valence-corrected chi connectivity index (χ0v) is 12.1. The Balaban J connectivity index is 2.84. The maximum Gasteiger partial charge on any atom is 0.277 e. The Morgan fingerprint density at radius 2 is 2.06 bits per heavy atom. The van der Waals surface area contributed by atoms with Crippen molar-refractivity contribution in [2.75, 3.05) is 0 Å². The van der Waals surface area contributed by atoms with Crippen LogP contribution in [-0.2, 0) is 0 Å². The first-order chi connectivity index (χ1) is 8.41. The number of hydrogen-bond donors (Lipinski definition) is 1. The third-order valence-electron chi connectivity index (χ3n) is 2.60. The number of nitrogens with zero attached hydrogens (tertiary/aromatic N) is 2. The molecule has 1 N–H and O–H groups in total. The van der Waals surface area contributed by atoms with Crippen molar-refractivity contribution in [2.24, 2.45) is 0 Å². The maximum atomic E-state index is 12.1. The highest BCUT2D eigenvalue weighted by molar-refractivity contribution is 9.10. The van der Waals surface area contributed by atoms with Gasteiger partial charge in [-0.15, -0.1) is 0 Å². The molecule has 2 aromatic rings. The van der Waals surface area contributed by atoms with Crippen LogP contribution in [0.4, 0.5) is 0 Å². The summed E-state index contributed by atoms with van der Waals surface area (Å²) in [6.07, 6.45) is 1.66. The molecule has 4 nitrogen and oxygen atoms in total. The van der Waals surface area contributed by atoms with Crippen molar-refractivity contribution in [3.8, 4) is 11.4 Å². The molecule has 0 fully saturated rings. The van der Waals surface area contributed by atoms with E-state index in [0.29, 0.717) is 16.0 Å². The first kappa shape index (κ1) is 13.1. The van der Waals surface area contributed by atoms with Crippen LogP contribution in [0.15, 0.2) is 27.7 Å². The second kappa shape index (κ2) is 4.74. The molecule has 0 spiro atoms. The van der Waals surface area contributed by atoms with E-state index in [2.05, 4.69) is 20.9 Å². The minimum absolute atomic E-state index is 0.187. The van der Waals surface area contributed by atoms with Crippen molar-refractivity contribution in [2.45, 2.75) is 13.8 Å². The van der Waals surface area contributed by atoms with Crippen LogP contribution in [0, 0.1) is 13.8 Å². The fraction of sp³-hybridized carbons (Fsp3) is 0.167. The molecule has 0 unspecified atom stereocenters. The third-order valence-corrected chi connectivity index (χ3v) is 3.39.